The summed E-state index contributed by atoms with van der Waals surface area (Å²) in [7, 11) is 0. The van der Waals surface area contributed by atoms with E-state index in [0.29, 0.717) is 23.2 Å². The number of ether oxygens (including phenoxy) is 3. The Balaban J connectivity index is 1.39. The third kappa shape index (κ3) is 6.01. The normalized spacial score (nSPS) is 39.0. The van der Waals surface area contributed by atoms with E-state index in [1.807, 2.05) is 0 Å². The molecule has 0 radical (unpaired) electrons. The van der Waals surface area contributed by atoms with Crippen molar-refractivity contribution in [1.82, 2.24) is 0 Å². The van der Waals surface area contributed by atoms with E-state index in [2.05, 4.69) is 45.4 Å². The maximum absolute atomic E-state index is 12.0. The summed E-state index contributed by atoms with van der Waals surface area (Å²) >= 11 is 0. The van der Waals surface area contributed by atoms with Crippen LogP contribution in [0, 0.1) is 46.3 Å². The van der Waals surface area contributed by atoms with Crippen LogP contribution in [-0.4, -0.2) is 42.7 Å². The lowest BCUT2D eigenvalue weighted by molar-refractivity contribution is -0.170. The van der Waals surface area contributed by atoms with E-state index in [0.717, 1.165) is 37.0 Å². The van der Waals surface area contributed by atoms with Gasteiger partial charge in [-0.15, -0.1) is 0 Å². The monoisotopic (exact) mass is 532 g/mol. The molecule has 38 heavy (non-hydrogen) atoms. The zero-order valence-electron chi connectivity index (χ0n) is 24.7. The number of hydrogen-bond donors (Lipinski definition) is 1. The van der Waals surface area contributed by atoms with Crippen LogP contribution in [0.15, 0.2) is 11.6 Å². The summed E-state index contributed by atoms with van der Waals surface area (Å²) in [6.45, 7) is 12.9. The molecule has 0 aliphatic heterocycles. The van der Waals surface area contributed by atoms with Gasteiger partial charge in [-0.25, -0.2) is 4.79 Å². The van der Waals surface area contributed by atoms with Crippen LogP contribution >= 0.6 is 0 Å². The minimum absolute atomic E-state index is 0.0595. The summed E-state index contributed by atoms with van der Waals surface area (Å²) in [5, 5.41) is 11.6. The molecule has 0 aromatic heterocycles. The van der Waals surface area contributed by atoms with E-state index in [4.69, 9.17) is 9.47 Å². The van der Waals surface area contributed by atoms with E-state index in [1.165, 1.54) is 57.4 Å². The molecule has 0 unspecified atom stereocenters. The van der Waals surface area contributed by atoms with E-state index in [9.17, 15) is 14.7 Å². The van der Waals surface area contributed by atoms with Crippen molar-refractivity contribution < 1.29 is 28.9 Å². The fourth-order valence-electron chi connectivity index (χ4n) is 9.19. The Bertz CT molecular complexity index is 881. The number of fused-ring (bicyclic) bond motifs is 5. The van der Waals surface area contributed by atoms with E-state index >= 15 is 0 Å². The molecule has 3 saturated carbocycles. The molecule has 3 fully saturated rings. The fraction of sp³-hybridized carbons (Fsp3) is 0.875. The largest absolute Gasteiger partial charge is 0.428 e. The van der Waals surface area contributed by atoms with Crippen LogP contribution < -0.4 is 0 Å². The standard InChI is InChI=1S/C32H52O6/c1-20(2)8-7-9-21(3)25-10-11-26-30-27(13-15-32(25,26)6)31(5)14-12-24(16-23(31)17-28(30)34)36-18-29(35)38-19-37-22(4)33/h17,20-21,24-28,30,34H,7-16,18-19H2,1-6H3/t21-,24+,25-,26+,27+,28+,30+,31+,32-/m1/s1. The summed E-state index contributed by atoms with van der Waals surface area (Å²) in [5.41, 5.74) is 1.76. The van der Waals surface area contributed by atoms with Crippen molar-refractivity contribution >= 4 is 11.9 Å². The first-order valence-corrected chi connectivity index (χ1v) is 15.3. The smallest absolute Gasteiger partial charge is 0.334 e. The molecule has 4 aliphatic rings. The van der Waals surface area contributed by atoms with Crippen LogP contribution in [-0.2, 0) is 23.8 Å². The van der Waals surface area contributed by atoms with Gasteiger partial charge < -0.3 is 19.3 Å². The molecule has 9 atom stereocenters. The molecular weight excluding hydrogens is 480 g/mol. The molecule has 0 amide bonds. The highest BCUT2D eigenvalue weighted by Crippen LogP contribution is 2.67. The molecule has 1 N–H and O–H groups in total. The SMILES string of the molecule is CC(=O)OCOC(=O)CO[C@H]1CC[C@@]2(C)C(=C[C@H](O)[C@H]3[C@@H]4CC[C@H]([C@H](C)CCCC(C)C)[C@@]4(C)CC[C@@H]32)C1. The van der Waals surface area contributed by atoms with Gasteiger partial charge in [0.15, 0.2) is 0 Å². The summed E-state index contributed by atoms with van der Waals surface area (Å²) in [4.78, 5) is 22.8. The molecule has 0 aromatic rings. The van der Waals surface area contributed by atoms with E-state index in [-0.39, 0.29) is 24.9 Å². The minimum Gasteiger partial charge on any atom is -0.428 e. The number of hydrogen-bond acceptors (Lipinski definition) is 6. The zero-order chi connectivity index (χ0) is 27.7. The molecule has 0 spiro atoms. The second-order valence-corrected chi connectivity index (χ2v) is 13.9. The van der Waals surface area contributed by atoms with Gasteiger partial charge in [-0.1, -0.05) is 65.5 Å². The van der Waals surface area contributed by atoms with Gasteiger partial charge in [0.05, 0.1) is 12.2 Å². The highest BCUT2D eigenvalue weighted by Gasteiger charge is 2.61. The second kappa shape index (κ2) is 12.0. The van der Waals surface area contributed by atoms with Crippen molar-refractivity contribution in [2.45, 2.75) is 118 Å². The van der Waals surface area contributed by atoms with E-state index < -0.39 is 18.0 Å². The average molecular weight is 533 g/mol. The number of esters is 2. The van der Waals surface area contributed by atoms with Crippen molar-refractivity contribution in [2.75, 3.05) is 13.4 Å². The number of aliphatic hydroxyl groups is 1. The Morgan fingerprint density at radius 1 is 1.03 bits per heavy atom. The molecule has 0 heterocycles. The lowest BCUT2D eigenvalue weighted by Gasteiger charge is -2.59. The minimum atomic E-state index is -0.530. The topological polar surface area (TPSA) is 82.1 Å². The molecule has 216 valence electrons. The number of carbonyl (C=O) groups excluding carboxylic acids is 2. The molecule has 6 nitrogen and oxygen atoms in total. The van der Waals surface area contributed by atoms with Crippen LogP contribution in [0.4, 0.5) is 0 Å². The van der Waals surface area contributed by atoms with Gasteiger partial charge in [0.2, 0.25) is 6.79 Å². The Hall–Kier alpha value is -1.40. The van der Waals surface area contributed by atoms with Gasteiger partial charge in [-0.2, -0.15) is 0 Å². The van der Waals surface area contributed by atoms with Crippen molar-refractivity contribution in [2.24, 2.45) is 46.3 Å². The lowest BCUT2D eigenvalue weighted by atomic mass is 9.46. The van der Waals surface area contributed by atoms with Gasteiger partial charge >= 0.3 is 11.9 Å². The Kier molecular flexibility index (Phi) is 9.34. The number of aliphatic hydroxyl groups excluding tert-OH is 1. The first kappa shape index (κ1) is 29.6. The molecule has 0 aromatic carbocycles. The quantitative estimate of drug-likeness (QED) is 0.198. The van der Waals surface area contributed by atoms with Crippen molar-refractivity contribution in [3.63, 3.8) is 0 Å². The number of rotatable bonds is 10. The molecule has 0 bridgehead atoms. The summed E-state index contributed by atoms with van der Waals surface area (Å²) in [5.74, 6) is 2.77. The molecule has 4 rings (SSSR count). The predicted molar refractivity (Wildman–Crippen MR) is 147 cm³/mol. The van der Waals surface area contributed by atoms with Crippen LogP contribution in [0.2, 0.25) is 0 Å². The predicted octanol–water partition coefficient (Wildman–Crippen LogP) is 6.45. The second-order valence-electron chi connectivity index (χ2n) is 13.9. The molecule has 0 saturated heterocycles. The Labute approximate surface area is 230 Å². The first-order chi connectivity index (χ1) is 18.0. The van der Waals surface area contributed by atoms with Gasteiger partial charge in [-0.05, 0) is 91.3 Å². The average Bonchev–Trinajstić information content (AvgIpc) is 3.20. The van der Waals surface area contributed by atoms with Gasteiger partial charge in [0.1, 0.15) is 6.61 Å². The van der Waals surface area contributed by atoms with Crippen molar-refractivity contribution in [3.8, 4) is 0 Å². The highest BCUT2D eigenvalue weighted by atomic mass is 16.7. The lowest BCUT2D eigenvalue weighted by Crippen LogP contribution is -2.55. The molecule has 4 aliphatic carbocycles. The first-order valence-electron chi connectivity index (χ1n) is 15.3. The molecular formula is C32H52O6. The van der Waals surface area contributed by atoms with Gasteiger partial charge in [-0.3, -0.25) is 4.79 Å². The summed E-state index contributed by atoms with van der Waals surface area (Å²) < 4.78 is 15.5. The van der Waals surface area contributed by atoms with Crippen LogP contribution in [0.25, 0.3) is 0 Å². The summed E-state index contributed by atoms with van der Waals surface area (Å²) in [6, 6.07) is 0. The van der Waals surface area contributed by atoms with Crippen LogP contribution in [0.1, 0.15) is 106 Å². The van der Waals surface area contributed by atoms with Gasteiger partial charge in [0.25, 0.3) is 0 Å². The highest BCUT2D eigenvalue weighted by molar-refractivity contribution is 5.71. The zero-order valence-corrected chi connectivity index (χ0v) is 24.7. The Morgan fingerprint density at radius 3 is 2.50 bits per heavy atom. The fourth-order valence-corrected chi connectivity index (χ4v) is 9.19. The van der Waals surface area contributed by atoms with E-state index in [1.54, 1.807) is 0 Å². The van der Waals surface area contributed by atoms with Crippen molar-refractivity contribution in [3.05, 3.63) is 11.6 Å². The maximum atomic E-state index is 12.0. The van der Waals surface area contributed by atoms with Gasteiger partial charge in [0, 0.05) is 6.92 Å². The van der Waals surface area contributed by atoms with Crippen LogP contribution in [0.5, 0.6) is 0 Å². The number of carbonyl (C=O) groups is 2. The molecule has 6 heteroatoms. The Morgan fingerprint density at radius 2 is 1.79 bits per heavy atom. The third-order valence-electron chi connectivity index (χ3n) is 11.2. The summed E-state index contributed by atoms with van der Waals surface area (Å²) in [6.07, 6.45) is 13.5. The van der Waals surface area contributed by atoms with Crippen molar-refractivity contribution in [1.29, 1.82) is 0 Å². The maximum Gasteiger partial charge on any atom is 0.334 e. The van der Waals surface area contributed by atoms with Crippen LogP contribution in [0.3, 0.4) is 0 Å². The third-order valence-corrected chi connectivity index (χ3v) is 11.2.